The van der Waals surface area contributed by atoms with Crippen molar-refractivity contribution in [3.05, 3.63) is 35.4 Å². The summed E-state index contributed by atoms with van der Waals surface area (Å²) >= 11 is 0. The van der Waals surface area contributed by atoms with Crippen LogP contribution in [0.3, 0.4) is 0 Å². The van der Waals surface area contributed by atoms with E-state index in [-0.39, 0.29) is 13.0 Å². The van der Waals surface area contributed by atoms with Gasteiger partial charge in [0.05, 0.1) is 5.56 Å². The van der Waals surface area contributed by atoms with Crippen molar-refractivity contribution in [1.29, 1.82) is 0 Å². The Morgan fingerprint density at radius 2 is 2.00 bits per heavy atom. The van der Waals surface area contributed by atoms with E-state index in [1.54, 1.807) is 0 Å². The molecular weight excluding hydrogens is 232 g/mol. The van der Waals surface area contributed by atoms with Crippen LogP contribution in [-0.2, 0) is 10.7 Å². The fraction of sp³-hybridized carbons (Fsp3) is 0.364. The van der Waals surface area contributed by atoms with Gasteiger partial charge in [0.25, 0.3) is 5.91 Å². The zero-order valence-electron chi connectivity index (χ0n) is 8.86. The number of rotatable bonds is 2. The van der Waals surface area contributed by atoms with Gasteiger partial charge in [-0.2, -0.15) is 0 Å². The third-order valence-electron chi connectivity index (χ3n) is 2.74. The van der Waals surface area contributed by atoms with Crippen LogP contribution in [0.1, 0.15) is 18.4 Å². The minimum atomic E-state index is -2.73. The van der Waals surface area contributed by atoms with Crippen LogP contribution in [0.4, 0.5) is 8.78 Å². The molecule has 0 radical (unpaired) electrons. The van der Waals surface area contributed by atoms with Crippen molar-refractivity contribution in [2.45, 2.75) is 18.8 Å². The Kier molecular flexibility index (Phi) is 2.84. The summed E-state index contributed by atoms with van der Waals surface area (Å²) in [5, 5.41) is 19.7. The molecule has 0 aromatic heterocycles. The van der Waals surface area contributed by atoms with Gasteiger partial charge in [-0.3, -0.25) is 9.69 Å². The van der Waals surface area contributed by atoms with E-state index < -0.39 is 29.0 Å². The molecule has 4 nitrogen and oxygen atoms in total. The lowest BCUT2D eigenvalue weighted by molar-refractivity contribution is -0.263. The van der Waals surface area contributed by atoms with Crippen molar-refractivity contribution >= 4 is 5.91 Å². The molecule has 0 aliphatic carbocycles. The summed E-state index contributed by atoms with van der Waals surface area (Å²) in [7, 11) is 0. The summed E-state index contributed by atoms with van der Waals surface area (Å²) in [5.74, 6) is -5.13. The molecular formula is C11H11F2NO3. The van der Waals surface area contributed by atoms with Crippen LogP contribution < -0.4 is 0 Å². The van der Waals surface area contributed by atoms with Gasteiger partial charge in [-0.1, -0.05) is 0 Å². The molecule has 1 aliphatic rings. The van der Waals surface area contributed by atoms with Gasteiger partial charge >= 0.3 is 0 Å². The molecule has 17 heavy (non-hydrogen) atoms. The zero-order valence-corrected chi connectivity index (χ0v) is 8.86. The van der Waals surface area contributed by atoms with E-state index in [4.69, 9.17) is 0 Å². The van der Waals surface area contributed by atoms with E-state index in [1.165, 1.54) is 0 Å². The average Bonchev–Trinajstić information content (AvgIpc) is 2.64. The van der Waals surface area contributed by atoms with E-state index in [0.717, 1.165) is 17.0 Å². The number of hydrogen-bond donors (Lipinski definition) is 2. The number of likely N-dealkylation sites (tertiary alicyclic amines) is 1. The first kappa shape index (κ1) is 11.9. The second-order valence-electron chi connectivity index (χ2n) is 3.91. The Hall–Kier alpha value is -1.53. The van der Waals surface area contributed by atoms with Crippen LogP contribution in [0.2, 0.25) is 0 Å². The summed E-state index contributed by atoms with van der Waals surface area (Å²) in [6.45, 7) is 0.128. The average molecular weight is 243 g/mol. The number of hydrogen-bond acceptors (Lipinski definition) is 3. The van der Waals surface area contributed by atoms with Crippen LogP contribution in [0, 0.1) is 11.6 Å². The van der Waals surface area contributed by atoms with E-state index in [1.807, 2.05) is 0 Å². The second kappa shape index (κ2) is 4.05. The molecule has 1 aromatic rings. The maximum atomic E-state index is 13.4. The molecule has 0 atom stereocenters. The number of carbonyl (C=O) groups excluding carboxylic acids is 1. The number of halogens is 2. The lowest BCUT2D eigenvalue weighted by Crippen LogP contribution is -2.47. The molecule has 1 saturated heterocycles. The minimum absolute atomic E-state index is 0.128. The SMILES string of the molecule is O=C1CCCN1C(O)(O)c1ccc(F)cc1F. The Balaban J connectivity index is 2.40. The first-order chi connectivity index (χ1) is 7.93. The smallest absolute Gasteiger partial charge is 0.280 e. The Morgan fingerprint density at radius 3 is 2.53 bits per heavy atom. The van der Waals surface area contributed by atoms with Crippen molar-refractivity contribution in [2.24, 2.45) is 0 Å². The van der Waals surface area contributed by atoms with Crippen LogP contribution in [0.5, 0.6) is 0 Å². The van der Waals surface area contributed by atoms with Gasteiger partial charge in [-0.15, -0.1) is 0 Å². The molecule has 0 saturated carbocycles. The van der Waals surface area contributed by atoms with Crippen LogP contribution >= 0.6 is 0 Å². The third-order valence-corrected chi connectivity index (χ3v) is 2.74. The van der Waals surface area contributed by atoms with E-state index in [0.29, 0.717) is 12.5 Å². The number of nitrogens with zero attached hydrogens (tertiary/aromatic N) is 1. The highest BCUT2D eigenvalue weighted by molar-refractivity contribution is 5.78. The quantitative estimate of drug-likeness (QED) is 0.751. The first-order valence-electron chi connectivity index (χ1n) is 5.13. The fourth-order valence-electron chi connectivity index (χ4n) is 1.88. The topological polar surface area (TPSA) is 60.8 Å². The predicted molar refractivity (Wildman–Crippen MR) is 53.4 cm³/mol. The van der Waals surface area contributed by atoms with E-state index in [9.17, 15) is 23.8 Å². The molecule has 2 N–H and O–H groups in total. The number of amides is 1. The van der Waals surface area contributed by atoms with E-state index in [2.05, 4.69) is 0 Å². The van der Waals surface area contributed by atoms with Crippen molar-refractivity contribution in [2.75, 3.05) is 6.54 Å². The van der Waals surface area contributed by atoms with Crippen molar-refractivity contribution in [1.82, 2.24) is 4.90 Å². The van der Waals surface area contributed by atoms with Gasteiger partial charge in [-0.25, -0.2) is 8.78 Å². The first-order valence-corrected chi connectivity index (χ1v) is 5.13. The summed E-state index contributed by atoms with van der Waals surface area (Å²) in [5.41, 5.74) is -0.533. The summed E-state index contributed by atoms with van der Waals surface area (Å²) in [6, 6.07) is 2.35. The Labute approximate surface area is 96.1 Å². The Morgan fingerprint density at radius 1 is 1.29 bits per heavy atom. The molecule has 1 aliphatic heterocycles. The van der Waals surface area contributed by atoms with Crippen LogP contribution in [0.15, 0.2) is 18.2 Å². The van der Waals surface area contributed by atoms with Crippen LogP contribution in [0.25, 0.3) is 0 Å². The molecule has 1 fully saturated rings. The number of aliphatic hydroxyl groups is 2. The standard InChI is InChI=1S/C11H11F2NO3/c12-7-3-4-8(9(13)6-7)11(16,17)14-5-1-2-10(14)15/h3-4,6,16-17H,1-2,5H2. The lowest BCUT2D eigenvalue weighted by atomic mass is 10.1. The predicted octanol–water partition coefficient (Wildman–Crippen LogP) is 0.682. The molecule has 92 valence electrons. The molecule has 0 bridgehead atoms. The number of carbonyl (C=O) groups is 1. The highest BCUT2D eigenvalue weighted by atomic mass is 19.1. The second-order valence-corrected chi connectivity index (χ2v) is 3.91. The molecule has 0 spiro atoms. The van der Waals surface area contributed by atoms with Gasteiger partial charge in [0.1, 0.15) is 11.6 Å². The molecule has 6 heteroatoms. The van der Waals surface area contributed by atoms with Crippen molar-refractivity contribution in [3.63, 3.8) is 0 Å². The molecule has 0 unspecified atom stereocenters. The maximum Gasteiger partial charge on any atom is 0.280 e. The number of benzene rings is 1. The summed E-state index contributed by atoms with van der Waals surface area (Å²) in [6.07, 6.45) is 0.663. The van der Waals surface area contributed by atoms with Crippen molar-refractivity contribution < 1.29 is 23.8 Å². The molecule has 2 rings (SSSR count). The summed E-state index contributed by atoms with van der Waals surface area (Å²) < 4.78 is 26.1. The van der Waals surface area contributed by atoms with Gasteiger partial charge < -0.3 is 10.2 Å². The van der Waals surface area contributed by atoms with Gasteiger partial charge in [0.15, 0.2) is 0 Å². The highest BCUT2D eigenvalue weighted by Crippen LogP contribution is 2.29. The van der Waals surface area contributed by atoms with Gasteiger partial charge in [0.2, 0.25) is 5.91 Å². The summed E-state index contributed by atoms with van der Waals surface area (Å²) in [4.78, 5) is 12.1. The van der Waals surface area contributed by atoms with Crippen molar-refractivity contribution in [3.8, 4) is 0 Å². The largest absolute Gasteiger partial charge is 0.345 e. The lowest BCUT2D eigenvalue weighted by Gasteiger charge is -2.32. The Bertz CT molecular complexity index is 462. The highest BCUT2D eigenvalue weighted by Gasteiger charge is 2.41. The zero-order chi connectivity index (χ0) is 12.6. The minimum Gasteiger partial charge on any atom is -0.345 e. The maximum absolute atomic E-state index is 13.4. The molecule has 1 amide bonds. The monoisotopic (exact) mass is 243 g/mol. The van der Waals surface area contributed by atoms with Gasteiger partial charge in [0, 0.05) is 19.0 Å². The normalized spacial score (nSPS) is 16.7. The van der Waals surface area contributed by atoms with Crippen LogP contribution in [-0.4, -0.2) is 27.6 Å². The van der Waals surface area contributed by atoms with Gasteiger partial charge in [-0.05, 0) is 18.6 Å². The molecule has 1 aromatic carbocycles. The molecule has 1 heterocycles. The fourth-order valence-corrected chi connectivity index (χ4v) is 1.88. The third kappa shape index (κ3) is 2.01. The van der Waals surface area contributed by atoms with E-state index >= 15 is 0 Å².